The zero-order chi connectivity index (χ0) is 22.3. The van der Waals surface area contributed by atoms with Crippen molar-refractivity contribution >= 4 is 33.1 Å². The van der Waals surface area contributed by atoms with Gasteiger partial charge in [0.2, 0.25) is 0 Å². The van der Waals surface area contributed by atoms with E-state index in [0.717, 1.165) is 73.8 Å². The quantitative estimate of drug-likeness (QED) is 0.553. The molecule has 5 rings (SSSR count). The van der Waals surface area contributed by atoms with Crippen LogP contribution in [-0.2, 0) is 29.5 Å². The van der Waals surface area contributed by atoms with E-state index in [4.69, 9.17) is 14.7 Å². The Morgan fingerprint density at radius 3 is 2.59 bits per heavy atom. The Kier molecular flexibility index (Phi) is 5.95. The fourth-order valence-electron chi connectivity index (χ4n) is 4.70. The average molecular weight is 451 g/mol. The third kappa shape index (κ3) is 4.54. The number of morpholine rings is 1. The summed E-state index contributed by atoms with van der Waals surface area (Å²) >= 11 is 1.88. The molecule has 5 nitrogen and oxygen atoms in total. The van der Waals surface area contributed by atoms with Gasteiger partial charge in [-0.05, 0) is 53.9 Å². The molecular weight excluding hydrogens is 416 g/mol. The van der Waals surface area contributed by atoms with Gasteiger partial charge in [0.15, 0.2) is 0 Å². The molecule has 0 unspecified atom stereocenters. The van der Waals surface area contributed by atoms with Crippen LogP contribution in [0.2, 0.25) is 0 Å². The summed E-state index contributed by atoms with van der Waals surface area (Å²) in [5.74, 6) is 2.62. The first kappa shape index (κ1) is 21.8. The normalized spacial score (nSPS) is 19.8. The summed E-state index contributed by atoms with van der Waals surface area (Å²) in [4.78, 5) is 15.1. The van der Waals surface area contributed by atoms with E-state index >= 15 is 0 Å². The van der Waals surface area contributed by atoms with Gasteiger partial charge in [0.05, 0.1) is 25.1 Å². The number of aryl methyl sites for hydroxylation is 1. The Balaban J connectivity index is 1.52. The molecular formula is C26H34N4OS. The highest BCUT2D eigenvalue weighted by molar-refractivity contribution is 7.19. The number of ether oxygens (including phenoxy) is 1. The van der Waals surface area contributed by atoms with Crippen molar-refractivity contribution in [1.29, 1.82) is 0 Å². The second kappa shape index (κ2) is 8.73. The predicted molar refractivity (Wildman–Crippen MR) is 133 cm³/mol. The molecule has 2 aromatic heterocycles. The number of fused-ring (bicyclic) bond motifs is 3. The minimum Gasteiger partial charge on any atom is -0.379 e. The molecule has 0 spiro atoms. The van der Waals surface area contributed by atoms with Crippen molar-refractivity contribution in [1.82, 2.24) is 14.9 Å². The van der Waals surface area contributed by atoms with E-state index in [1.54, 1.807) is 0 Å². The lowest BCUT2D eigenvalue weighted by Gasteiger charge is -2.26. The van der Waals surface area contributed by atoms with Gasteiger partial charge >= 0.3 is 0 Å². The molecule has 1 atom stereocenters. The Morgan fingerprint density at radius 2 is 1.88 bits per heavy atom. The van der Waals surface area contributed by atoms with Gasteiger partial charge in [-0.15, -0.1) is 11.3 Å². The molecule has 1 saturated heterocycles. The number of benzene rings is 1. The molecule has 1 fully saturated rings. The maximum absolute atomic E-state index is 5.52. The smallest absolute Gasteiger partial charge is 0.146 e. The molecule has 1 aliphatic heterocycles. The van der Waals surface area contributed by atoms with Gasteiger partial charge < -0.3 is 10.1 Å². The fourth-order valence-corrected chi connectivity index (χ4v) is 6.10. The molecule has 3 aromatic rings. The summed E-state index contributed by atoms with van der Waals surface area (Å²) < 4.78 is 5.52. The Hall–Kier alpha value is -2.02. The molecule has 0 amide bonds. The average Bonchev–Trinajstić information content (AvgIpc) is 3.11. The monoisotopic (exact) mass is 450 g/mol. The summed E-state index contributed by atoms with van der Waals surface area (Å²) in [7, 11) is 0. The van der Waals surface area contributed by atoms with Crippen LogP contribution < -0.4 is 5.32 Å². The number of hydrogen-bond acceptors (Lipinski definition) is 6. The fraction of sp³-hybridized carbons (Fsp3) is 0.538. The van der Waals surface area contributed by atoms with Gasteiger partial charge in [-0.25, -0.2) is 9.97 Å². The topological polar surface area (TPSA) is 50.3 Å². The molecule has 32 heavy (non-hydrogen) atoms. The number of nitrogens with zero attached hydrogens (tertiary/aromatic N) is 3. The molecule has 1 N–H and O–H groups in total. The number of nitrogens with one attached hydrogen (secondary N) is 1. The highest BCUT2D eigenvalue weighted by Gasteiger charge is 2.25. The summed E-state index contributed by atoms with van der Waals surface area (Å²) in [5.41, 5.74) is 4.04. The summed E-state index contributed by atoms with van der Waals surface area (Å²) in [5, 5.41) is 4.90. The minimum atomic E-state index is 0.148. The molecule has 3 heterocycles. The van der Waals surface area contributed by atoms with Crippen LogP contribution in [0.3, 0.4) is 0 Å². The highest BCUT2D eigenvalue weighted by Crippen LogP contribution is 2.41. The van der Waals surface area contributed by atoms with Crippen LogP contribution in [0.25, 0.3) is 10.2 Å². The van der Waals surface area contributed by atoms with Gasteiger partial charge in [-0.3, -0.25) is 4.90 Å². The van der Waals surface area contributed by atoms with E-state index in [9.17, 15) is 0 Å². The molecule has 6 heteroatoms. The lowest BCUT2D eigenvalue weighted by atomic mass is 9.87. The SMILES string of the molecule is C[C@H]1CCc2c(sc3nc(CN4CCOCC4)nc(Nc4ccc(C(C)(C)C)cc4)c23)C1. The van der Waals surface area contributed by atoms with Crippen LogP contribution in [0.5, 0.6) is 0 Å². The van der Waals surface area contributed by atoms with E-state index < -0.39 is 0 Å². The lowest BCUT2D eigenvalue weighted by molar-refractivity contribution is 0.0331. The molecule has 2 aliphatic rings. The molecule has 1 aliphatic carbocycles. The highest BCUT2D eigenvalue weighted by atomic mass is 32.1. The Labute approximate surface area is 195 Å². The van der Waals surface area contributed by atoms with Crippen molar-refractivity contribution < 1.29 is 4.74 Å². The van der Waals surface area contributed by atoms with Gasteiger partial charge in [0.25, 0.3) is 0 Å². The minimum absolute atomic E-state index is 0.148. The van der Waals surface area contributed by atoms with E-state index in [1.807, 2.05) is 11.3 Å². The number of rotatable bonds is 4. The molecule has 0 bridgehead atoms. The van der Waals surface area contributed by atoms with Gasteiger partial charge in [-0.2, -0.15) is 0 Å². The maximum atomic E-state index is 5.52. The van der Waals surface area contributed by atoms with E-state index in [-0.39, 0.29) is 5.41 Å². The standard InChI is InChI=1S/C26H34N4OS/c1-17-5-10-20-21(15-17)32-25-23(20)24(27-19-8-6-18(7-9-19)26(2,3)4)28-22(29-25)16-30-11-13-31-14-12-30/h6-9,17H,5,10-16H2,1-4H3,(H,27,28,29)/t17-/m0/s1. The third-order valence-corrected chi connectivity index (χ3v) is 7.83. The molecule has 170 valence electrons. The molecule has 0 radical (unpaired) electrons. The third-order valence-electron chi connectivity index (χ3n) is 6.68. The zero-order valence-corrected chi connectivity index (χ0v) is 20.5. The first-order valence-electron chi connectivity index (χ1n) is 11.9. The second-order valence-corrected chi connectivity index (χ2v) is 11.4. The van der Waals surface area contributed by atoms with Crippen molar-refractivity contribution in [3.63, 3.8) is 0 Å². The molecule has 0 saturated carbocycles. The van der Waals surface area contributed by atoms with Crippen molar-refractivity contribution in [2.24, 2.45) is 5.92 Å². The van der Waals surface area contributed by atoms with Crippen LogP contribution in [0, 0.1) is 5.92 Å². The van der Waals surface area contributed by atoms with Crippen molar-refractivity contribution in [3.8, 4) is 0 Å². The van der Waals surface area contributed by atoms with Crippen LogP contribution in [0.15, 0.2) is 24.3 Å². The lowest BCUT2D eigenvalue weighted by Crippen LogP contribution is -2.36. The van der Waals surface area contributed by atoms with E-state index in [2.05, 4.69) is 62.2 Å². The molecule has 1 aromatic carbocycles. The van der Waals surface area contributed by atoms with Crippen molar-refractivity contribution in [3.05, 3.63) is 46.1 Å². The largest absolute Gasteiger partial charge is 0.379 e. The van der Waals surface area contributed by atoms with Crippen LogP contribution in [0.4, 0.5) is 11.5 Å². The summed E-state index contributed by atoms with van der Waals surface area (Å²) in [6.07, 6.45) is 3.53. The van der Waals surface area contributed by atoms with Crippen molar-refractivity contribution in [2.45, 2.75) is 58.9 Å². The summed E-state index contributed by atoms with van der Waals surface area (Å²) in [6.45, 7) is 13.3. The second-order valence-electron chi connectivity index (χ2n) is 10.4. The van der Waals surface area contributed by atoms with Crippen LogP contribution in [-0.4, -0.2) is 41.2 Å². The van der Waals surface area contributed by atoms with Crippen molar-refractivity contribution in [2.75, 3.05) is 31.6 Å². The number of thiophene rings is 1. The van der Waals surface area contributed by atoms with E-state index in [1.165, 1.54) is 27.8 Å². The zero-order valence-electron chi connectivity index (χ0n) is 19.7. The van der Waals surface area contributed by atoms with Crippen LogP contribution in [0.1, 0.15) is 55.9 Å². The Bertz CT molecular complexity index is 1090. The van der Waals surface area contributed by atoms with Gasteiger partial charge in [0.1, 0.15) is 16.5 Å². The predicted octanol–water partition coefficient (Wildman–Crippen LogP) is 5.69. The number of hydrogen-bond donors (Lipinski definition) is 1. The Morgan fingerprint density at radius 1 is 1.12 bits per heavy atom. The van der Waals surface area contributed by atoms with Gasteiger partial charge in [-0.1, -0.05) is 39.8 Å². The first-order chi connectivity index (χ1) is 15.4. The van der Waals surface area contributed by atoms with E-state index in [0.29, 0.717) is 0 Å². The maximum Gasteiger partial charge on any atom is 0.146 e. The summed E-state index contributed by atoms with van der Waals surface area (Å²) in [6, 6.07) is 8.80. The number of aromatic nitrogens is 2. The first-order valence-corrected chi connectivity index (χ1v) is 12.7. The van der Waals surface area contributed by atoms with Crippen LogP contribution >= 0.6 is 11.3 Å². The number of anilines is 2. The van der Waals surface area contributed by atoms with Gasteiger partial charge in [0, 0.05) is 23.7 Å².